The fourth-order valence-corrected chi connectivity index (χ4v) is 2.06. The molecule has 0 spiro atoms. The molecule has 0 atom stereocenters. The van der Waals surface area contributed by atoms with Crippen molar-refractivity contribution in [3.05, 3.63) is 57.8 Å². The summed E-state index contributed by atoms with van der Waals surface area (Å²) in [6.45, 7) is 0. The van der Waals surface area contributed by atoms with Gasteiger partial charge in [-0.3, -0.25) is 0 Å². The summed E-state index contributed by atoms with van der Waals surface area (Å²) in [6, 6.07) is 8.44. The van der Waals surface area contributed by atoms with Gasteiger partial charge in [-0.15, -0.1) is 0 Å². The lowest BCUT2D eigenvalue weighted by Gasteiger charge is -2.07. The van der Waals surface area contributed by atoms with E-state index in [0.717, 1.165) is 0 Å². The smallest absolute Gasteiger partial charge is 0.337 e. The van der Waals surface area contributed by atoms with Gasteiger partial charge < -0.3 is 5.11 Å². The highest BCUT2D eigenvalue weighted by Crippen LogP contribution is 2.31. The van der Waals surface area contributed by atoms with Crippen molar-refractivity contribution in [2.45, 2.75) is 0 Å². The van der Waals surface area contributed by atoms with E-state index in [0.29, 0.717) is 11.1 Å². The molecule has 0 unspecified atom stereocenters. The van der Waals surface area contributed by atoms with E-state index < -0.39 is 11.8 Å². The van der Waals surface area contributed by atoms with Crippen LogP contribution < -0.4 is 0 Å². The SMILES string of the molecule is O=C(O)c1cc(-c2ccc(F)cc2Cl)ccc1Cl. The predicted octanol–water partition coefficient (Wildman–Crippen LogP) is 4.50. The lowest BCUT2D eigenvalue weighted by atomic mass is 10.0. The molecule has 5 heteroatoms. The van der Waals surface area contributed by atoms with Gasteiger partial charge in [0.05, 0.1) is 15.6 Å². The van der Waals surface area contributed by atoms with E-state index in [2.05, 4.69) is 0 Å². The van der Waals surface area contributed by atoms with E-state index in [1.54, 1.807) is 6.07 Å². The van der Waals surface area contributed by atoms with Crippen molar-refractivity contribution < 1.29 is 14.3 Å². The van der Waals surface area contributed by atoms with Crippen LogP contribution in [0.1, 0.15) is 10.4 Å². The molecule has 92 valence electrons. The minimum atomic E-state index is -1.12. The van der Waals surface area contributed by atoms with Gasteiger partial charge in [-0.25, -0.2) is 9.18 Å². The second-order valence-electron chi connectivity index (χ2n) is 3.62. The molecule has 0 aliphatic heterocycles. The van der Waals surface area contributed by atoms with Crippen LogP contribution in [0.15, 0.2) is 36.4 Å². The predicted molar refractivity (Wildman–Crippen MR) is 68.8 cm³/mol. The van der Waals surface area contributed by atoms with Crippen LogP contribution in [0.25, 0.3) is 11.1 Å². The van der Waals surface area contributed by atoms with Gasteiger partial charge >= 0.3 is 5.97 Å². The van der Waals surface area contributed by atoms with Crippen molar-refractivity contribution in [2.24, 2.45) is 0 Å². The quantitative estimate of drug-likeness (QED) is 0.882. The number of carboxylic acids is 1. The molecule has 0 aliphatic rings. The molecule has 0 heterocycles. The molecule has 2 rings (SSSR count). The minimum Gasteiger partial charge on any atom is -0.478 e. The lowest BCUT2D eigenvalue weighted by molar-refractivity contribution is 0.0697. The van der Waals surface area contributed by atoms with Crippen LogP contribution in [0.2, 0.25) is 10.0 Å². The van der Waals surface area contributed by atoms with Crippen molar-refractivity contribution in [2.75, 3.05) is 0 Å². The molecule has 1 N–H and O–H groups in total. The van der Waals surface area contributed by atoms with Gasteiger partial charge in [-0.05, 0) is 35.9 Å². The normalized spacial score (nSPS) is 10.4. The van der Waals surface area contributed by atoms with Crippen molar-refractivity contribution in [1.82, 2.24) is 0 Å². The summed E-state index contributed by atoms with van der Waals surface area (Å²) in [6.07, 6.45) is 0. The average Bonchev–Trinajstić information content (AvgIpc) is 2.30. The maximum Gasteiger partial charge on any atom is 0.337 e. The molecule has 0 fully saturated rings. The topological polar surface area (TPSA) is 37.3 Å². The molecule has 0 radical (unpaired) electrons. The third kappa shape index (κ3) is 2.47. The number of halogens is 3. The Kier molecular flexibility index (Phi) is 3.55. The number of benzene rings is 2. The van der Waals surface area contributed by atoms with E-state index in [9.17, 15) is 9.18 Å². The Hall–Kier alpha value is -1.58. The number of hydrogen-bond acceptors (Lipinski definition) is 1. The Labute approximate surface area is 113 Å². The van der Waals surface area contributed by atoms with E-state index >= 15 is 0 Å². The van der Waals surface area contributed by atoms with Crippen LogP contribution in [0.3, 0.4) is 0 Å². The Bertz CT molecular complexity index is 626. The summed E-state index contributed by atoms with van der Waals surface area (Å²) in [7, 11) is 0. The molecular weight excluding hydrogens is 278 g/mol. The van der Waals surface area contributed by atoms with Crippen LogP contribution in [0.4, 0.5) is 4.39 Å². The summed E-state index contributed by atoms with van der Waals surface area (Å²) in [4.78, 5) is 11.0. The van der Waals surface area contributed by atoms with E-state index in [4.69, 9.17) is 28.3 Å². The second kappa shape index (κ2) is 4.96. The zero-order valence-corrected chi connectivity index (χ0v) is 10.5. The van der Waals surface area contributed by atoms with Crippen molar-refractivity contribution >= 4 is 29.2 Å². The first kappa shape index (κ1) is 12.9. The van der Waals surface area contributed by atoms with Crippen molar-refractivity contribution in [1.29, 1.82) is 0 Å². The minimum absolute atomic E-state index is 0.0189. The largest absolute Gasteiger partial charge is 0.478 e. The molecule has 0 saturated heterocycles. The van der Waals surface area contributed by atoms with Crippen molar-refractivity contribution in [3.63, 3.8) is 0 Å². The van der Waals surface area contributed by atoms with Gasteiger partial charge in [0.1, 0.15) is 5.82 Å². The van der Waals surface area contributed by atoms with Gasteiger partial charge in [0.15, 0.2) is 0 Å². The van der Waals surface area contributed by atoms with E-state index in [1.807, 2.05) is 0 Å². The Morgan fingerprint density at radius 2 is 1.78 bits per heavy atom. The summed E-state index contributed by atoms with van der Waals surface area (Å²) in [5.41, 5.74) is 1.11. The highest BCUT2D eigenvalue weighted by Gasteiger charge is 2.12. The first-order valence-electron chi connectivity index (χ1n) is 4.97. The molecule has 2 aromatic carbocycles. The van der Waals surface area contributed by atoms with Crippen LogP contribution in [-0.2, 0) is 0 Å². The Morgan fingerprint density at radius 3 is 2.39 bits per heavy atom. The third-order valence-electron chi connectivity index (χ3n) is 2.44. The Morgan fingerprint density at radius 1 is 1.06 bits per heavy atom. The number of carboxylic acid groups (broad SMARTS) is 1. The van der Waals surface area contributed by atoms with Gasteiger partial charge in [0.2, 0.25) is 0 Å². The summed E-state index contributed by atoms with van der Waals surface area (Å²) >= 11 is 11.7. The zero-order chi connectivity index (χ0) is 13.3. The van der Waals surface area contributed by atoms with Gasteiger partial charge in [-0.2, -0.15) is 0 Å². The highest BCUT2D eigenvalue weighted by atomic mass is 35.5. The number of aromatic carboxylic acids is 1. The monoisotopic (exact) mass is 284 g/mol. The maximum atomic E-state index is 12.9. The number of rotatable bonds is 2. The fraction of sp³-hybridized carbons (Fsp3) is 0. The molecule has 0 amide bonds. The van der Waals surface area contributed by atoms with Crippen LogP contribution in [-0.4, -0.2) is 11.1 Å². The van der Waals surface area contributed by atoms with Crippen molar-refractivity contribution in [3.8, 4) is 11.1 Å². The molecular formula is C13H7Cl2FO2. The summed E-state index contributed by atoms with van der Waals surface area (Å²) in [5, 5.41) is 9.33. The van der Waals surface area contributed by atoms with Crippen LogP contribution >= 0.6 is 23.2 Å². The van der Waals surface area contributed by atoms with Gasteiger partial charge in [0.25, 0.3) is 0 Å². The van der Waals surface area contributed by atoms with Gasteiger partial charge in [-0.1, -0.05) is 29.3 Å². The zero-order valence-electron chi connectivity index (χ0n) is 8.95. The summed E-state index contributed by atoms with van der Waals surface area (Å²) < 4.78 is 12.9. The number of carbonyl (C=O) groups is 1. The van der Waals surface area contributed by atoms with E-state index in [-0.39, 0.29) is 15.6 Å². The maximum absolute atomic E-state index is 12.9. The first-order chi connectivity index (χ1) is 8.49. The molecule has 2 aromatic rings. The fourth-order valence-electron chi connectivity index (χ4n) is 1.58. The van der Waals surface area contributed by atoms with Gasteiger partial charge in [0, 0.05) is 5.56 Å². The average molecular weight is 285 g/mol. The molecule has 0 saturated carbocycles. The molecule has 0 aromatic heterocycles. The second-order valence-corrected chi connectivity index (χ2v) is 4.44. The standard InChI is InChI=1S/C13H7Cl2FO2/c14-11-4-1-7(5-10(11)13(17)18)9-3-2-8(16)6-12(9)15/h1-6H,(H,17,18). The molecule has 2 nitrogen and oxygen atoms in total. The first-order valence-corrected chi connectivity index (χ1v) is 5.73. The molecule has 0 aliphatic carbocycles. The lowest BCUT2D eigenvalue weighted by Crippen LogP contribution is -1.97. The third-order valence-corrected chi connectivity index (χ3v) is 3.08. The number of hydrogen-bond donors (Lipinski definition) is 1. The Balaban J connectivity index is 2.58. The summed E-state index contributed by atoms with van der Waals surface area (Å²) in [5.74, 6) is -1.57. The van der Waals surface area contributed by atoms with Crippen LogP contribution in [0, 0.1) is 5.82 Å². The van der Waals surface area contributed by atoms with E-state index in [1.165, 1.54) is 30.3 Å². The molecule has 18 heavy (non-hydrogen) atoms. The highest BCUT2D eigenvalue weighted by molar-refractivity contribution is 6.34. The molecule has 0 bridgehead atoms. The van der Waals surface area contributed by atoms with Crippen LogP contribution in [0.5, 0.6) is 0 Å².